The highest BCUT2D eigenvalue weighted by atomic mass is 32.2. The summed E-state index contributed by atoms with van der Waals surface area (Å²) < 4.78 is 44.7. The second-order valence-corrected chi connectivity index (χ2v) is 14.8. The Morgan fingerprint density at radius 2 is 1.79 bits per heavy atom. The van der Waals surface area contributed by atoms with Crippen LogP contribution in [0.25, 0.3) is 21.2 Å². The summed E-state index contributed by atoms with van der Waals surface area (Å²) in [6.07, 6.45) is 6.30. The molecule has 0 unspecified atom stereocenters. The molecule has 10 heteroatoms. The summed E-state index contributed by atoms with van der Waals surface area (Å²) in [6.45, 7) is 8.52. The van der Waals surface area contributed by atoms with E-state index in [9.17, 15) is 18.3 Å². The summed E-state index contributed by atoms with van der Waals surface area (Å²) in [7, 11) is -3.94. The minimum Gasteiger partial charge on any atom is -0.389 e. The van der Waals surface area contributed by atoms with E-state index in [4.69, 9.17) is 4.98 Å². The first kappa shape index (κ1) is 29.6. The SMILES string of the molecule is CC(C)(O)CNC(=O)c1nc(CC2CCCCC2)c(-c2ccc(S(=O)(=O)NC(C)(C)C)c3cccc(F)c23)s1. The van der Waals surface area contributed by atoms with Crippen LogP contribution in [0.4, 0.5) is 4.39 Å². The smallest absolute Gasteiger partial charge is 0.280 e. The molecule has 0 aliphatic heterocycles. The number of rotatable bonds is 8. The molecule has 3 aromatic rings. The monoisotopic (exact) mass is 575 g/mol. The van der Waals surface area contributed by atoms with Crippen molar-refractivity contribution in [2.24, 2.45) is 5.92 Å². The van der Waals surface area contributed by atoms with Crippen molar-refractivity contribution in [1.29, 1.82) is 0 Å². The van der Waals surface area contributed by atoms with Gasteiger partial charge in [0.2, 0.25) is 10.0 Å². The van der Waals surface area contributed by atoms with E-state index in [0.717, 1.165) is 25.7 Å². The van der Waals surface area contributed by atoms with E-state index < -0.39 is 32.9 Å². The quantitative estimate of drug-likeness (QED) is 0.315. The van der Waals surface area contributed by atoms with E-state index in [0.29, 0.717) is 28.5 Å². The van der Waals surface area contributed by atoms with Crippen molar-refractivity contribution in [3.05, 3.63) is 46.9 Å². The van der Waals surface area contributed by atoms with Crippen molar-refractivity contribution in [3.63, 3.8) is 0 Å². The number of halogens is 1. The van der Waals surface area contributed by atoms with E-state index >= 15 is 4.39 Å². The normalized spacial score (nSPS) is 15.6. The maximum atomic E-state index is 15.5. The average Bonchev–Trinajstić information content (AvgIpc) is 3.24. The molecule has 0 saturated heterocycles. The molecular formula is C29H38FN3O4S2. The third-order valence-electron chi connectivity index (χ3n) is 6.70. The zero-order valence-corrected chi connectivity index (χ0v) is 24.9. The molecule has 1 fully saturated rings. The zero-order chi connectivity index (χ0) is 28.6. The number of hydrogen-bond acceptors (Lipinski definition) is 6. The lowest BCUT2D eigenvalue weighted by Crippen LogP contribution is -2.40. The van der Waals surface area contributed by atoms with Crippen LogP contribution in [0.15, 0.2) is 35.2 Å². The molecule has 1 aromatic heterocycles. The molecule has 2 aromatic carbocycles. The van der Waals surface area contributed by atoms with Gasteiger partial charge in [0, 0.05) is 28.4 Å². The molecule has 4 rings (SSSR count). The largest absolute Gasteiger partial charge is 0.389 e. The molecule has 0 atom stereocenters. The number of aromatic nitrogens is 1. The molecule has 0 spiro atoms. The second-order valence-electron chi connectivity index (χ2n) is 12.1. The van der Waals surface area contributed by atoms with E-state index in [1.165, 1.54) is 36.0 Å². The summed E-state index contributed by atoms with van der Waals surface area (Å²) in [5, 5.41) is 13.5. The van der Waals surface area contributed by atoms with Gasteiger partial charge in [0.25, 0.3) is 5.91 Å². The van der Waals surface area contributed by atoms with Gasteiger partial charge in [0.15, 0.2) is 5.01 Å². The molecule has 0 radical (unpaired) electrons. The number of nitrogens with zero attached hydrogens (tertiary/aromatic N) is 1. The molecule has 1 aliphatic rings. The Balaban J connectivity index is 1.85. The van der Waals surface area contributed by atoms with Crippen molar-refractivity contribution in [3.8, 4) is 10.4 Å². The Bertz CT molecular complexity index is 1460. The summed E-state index contributed by atoms with van der Waals surface area (Å²) in [4.78, 5) is 18.4. The lowest BCUT2D eigenvalue weighted by molar-refractivity contribution is 0.0694. The van der Waals surface area contributed by atoms with Gasteiger partial charge in [-0.05, 0) is 59.1 Å². The predicted molar refractivity (Wildman–Crippen MR) is 154 cm³/mol. The van der Waals surface area contributed by atoms with Crippen LogP contribution in [0, 0.1) is 11.7 Å². The molecule has 1 saturated carbocycles. The van der Waals surface area contributed by atoms with Crippen LogP contribution >= 0.6 is 11.3 Å². The lowest BCUT2D eigenvalue weighted by atomic mass is 9.85. The van der Waals surface area contributed by atoms with Crippen molar-refractivity contribution in [2.75, 3.05) is 6.54 Å². The Morgan fingerprint density at radius 3 is 2.44 bits per heavy atom. The number of benzene rings is 2. The topological polar surface area (TPSA) is 108 Å². The molecule has 0 bridgehead atoms. The third kappa shape index (κ3) is 7.22. The fourth-order valence-electron chi connectivity index (χ4n) is 5.05. The standard InChI is InChI=1S/C29H38FN3O4S2/c1-28(2,3)33-39(36,37)23-15-14-20(24-19(23)12-9-13-21(24)30)25-22(16-18-10-7-6-8-11-18)32-27(38-25)26(34)31-17-29(4,5)35/h9,12-15,18,33,35H,6-8,10-11,16-17H2,1-5H3,(H,31,34). The van der Waals surface area contributed by atoms with Gasteiger partial charge in [-0.2, -0.15) is 0 Å². The van der Waals surface area contributed by atoms with Crippen LogP contribution < -0.4 is 10.0 Å². The third-order valence-corrected chi connectivity index (χ3v) is 9.65. The first-order valence-electron chi connectivity index (χ1n) is 13.4. The fraction of sp³-hybridized carbons (Fsp3) is 0.517. The minimum atomic E-state index is -3.94. The van der Waals surface area contributed by atoms with Crippen LogP contribution in [0.1, 0.15) is 82.2 Å². The van der Waals surface area contributed by atoms with Gasteiger partial charge in [0.05, 0.1) is 21.1 Å². The van der Waals surface area contributed by atoms with Gasteiger partial charge < -0.3 is 10.4 Å². The second kappa shape index (κ2) is 11.2. The zero-order valence-electron chi connectivity index (χ0n) is 23.2. The van der Waals surface area contributed by atoms with Gasteiger partial charge >= 0.3 is 0 Å². The van der Waals surface area contributed by atoms with Crippen LogP contribution in [0.5, 0.6) is 0 Å². The Labute approximate surface area is 234 Å². The summed E-state index contributed by atoms with van der Waals surface area (Å²) in [5.41, 5.74) is -0.563. The van der Waals surface area contributed by atoms with Gasteiger partial charge in [-0.1, -0.05) is 50.3 Å². The van der Waals surface area contributed by atoms with Gasteiger partial charge in [-0.3, -0.25) is 4.79 Å². The maximum Gasteiger partial charge on any atom is 0.280 e. The first-order valence-corrected chi connectivity index (χ1v) is 15.7. The van der Waals surface area contributed by atoms with Crippen LogP contribution in [0.2, 0.25) is 0 Å². The minimum absolute atomic E-state index is 0.00263. The van der Waals surface area contributed by atoms with Gasteiger partial charge in [-0.15, -0.1) is 11.3 Å². The van der Waals surface area contributed by atoms with Crippen LogP contribution in [-0.2, 0) is 16.4 Å². The summed E-state index contributed by atoms with van der Waals surface area (Å²) >= 11 is 1.17. The van der Waals surface area contributed by atoms with Crippen LogP contribution in [-0.4, -0.2) is 42.1 Å². The predicted octanol–water partition coefficient (Wildman–Crippen LogP) is 5.80. The Kier molecular flexibility index (Phi) is 8.52. The molecule has 1 aliphatic carbocycles. The van der Waals surface area contributed by atoms with Crippen LogP contribution in [0.3, 0.4) is 0 Å². The van der Waals surface area contributed by atoms with Crippen molar-refractivity contribution < 1.29 is 22.7 Å². The van der Waals surface area contributed by atoms with Gasteiger partial charge in [0.1, 0.15) is 5.82 Å². The molecule has 212 valence electrons. The molecule has 7 nitrogen and oxygen atoms in total. The van der Waals surface area contributed by atoms with E-state index in [1.54, 1.807) is 46.8 Å². The Morgan fingerprint density at radius 1 is 1.10 bits per heavy atom. The number of amides is 1. The number of fused-ring (bicyclic) bond motifs is 1. The first-order chi connectivity index (χ1) is 18.1. The van der Waals surface area contributed by atoms with E-state index in [2.05, 4.69) is 10.0 Å². The molecule has 1 amide bonds. The van der Waals surface area contributed by atoms with Crippen molar-refractivity contribution in [2.45, 2.75) is 89.2 Å². The van der Waals surface area contributed by atoms with Gasteiger partial charge in [-0.25, -0.2) is 22.5 Å². The molecule has 39 heavy (non-hydrogen) atoms. The van der Waals surface area contributed by atoms with E-state index in [-0.39, 0.29) is 27.2 Å². The number of hydrogen-bond donors (Lipinski definition) is 3. The highest BCUT2D eigenvalue weighted by molar-refractivity contribution is 7.89. The lowest BCUT2D eigenvalue weighted by Gasteiger charge is -2.22. The Hall–Kier alpha value is -2.40. The van der Waals surface area contributed by atoms with E-state index in [1.807, 2.05) is 0 Å². The number of carbonyl (C=O) groups excluding carboxylic acids is 1. The number of aliphatic hydroxyl groups is 1. The average molecular weight is 576 g/mol. The summed E-state index contributed by atoms with van der Waals surface area (Å²) in [6, 6.07) is 7.56. The van der Waals surface area contributed by atoms with Crippen molar-refractivity contribution >= 4 is 38.0 Å². The molecular weight excluding hydrogens is 537 g/mol. The number of thiazole rings is 1. The number of nitrogens with one attached hydrogen (secondary N) is 2. The summed E-state index contributed by atoms with van der Waals surface area (Å²) in [5.74, 6) is -0.532. The highest BCUT2D eigenvalue weighted by Gasteiger charge is 2.28. The molecule has 1 heterocycles. The molecule has 3 N–H and O–H groups in total. The van der Waals surface area contributed by atoms with Crippen molar-refractivity contribution in [1.82, 2.24) is 15.0 Å². The maximum absolute atomic E-state index is 15.5. The highest BCUT2D eigenvalue weighted by Crippen LogP contribution is 2.41. The number of sulfonamides is 1. The fourth-order valence-corrected chi connectivity index (χ4v) is 7.72. The number of carbonyl (C=O) groups is 1.